The van der Waals surface area contributed by atoms with E-state index in [2.05, 4.69) is 4.85 Å². The van der Waals surface area contributed by atoms with Gasteiger partial charge in [0.25, 0.3) is 0 Å². The first-order valence-corrected chi connectivity index (χ1v) is 3.77. The minimum absolute atomic E-state index is 0.0146. The predicted molar refractivity (Wildman–Crippen MR) is 44.1 cm³/mol. The number of carboxylic acid groups (broad SMARTS) is 2. The Kier molecular flexibility index (Phi) is 3.43. The van der Waals surface area contributed by atoms with Crippen molar-refractivity contribution >= 4 is 11.9 Å². The lowest BCUT2D eigenvalue weighted by Gasteiger charge is -2.18. The number of hydrogen-bond acceptors (Lipinski definition) is 2. The van der Waals surface area contributed by atoms with E-state index in [0.717, 1.165) is 0 Å². The van der Waals surface area contributed by atoms with Gasteiger partial charge >= 0.3 is 17.5 Å². The molecule has 0 radical (unpaired) electrons. The van der Waals surface area contributed by atoms with Crippen LogP contribution < -0.4 is 0 Å². The van der Waals surface area contributed by atoms with E-state index < -0.39 is 23.4 Å². The third-order valence-corrected chi connectivity index (χ3v) is 2.20. The summed E-state index contributed by atoms with van der Waals surface area (Å²) in [5.74, 6) is -3.84. The summed E-state index contributed by atoms with van der Waals surface area (Å²) in [6.45, 7) is 9.47. The molecule has 0 fully saturated rings. The highest BCUT2D eigenvalue weighted by Crippen LogP contribution is 2.26. The van der Waals surface area contributed by atoms with Crippen molar-refractivity contribution < 1.29 is 19.8 Å². The monoisotopic (exact) mass is 185 g/mol. The zero-order chi connectivity index (χ0) is 10.6. The molecule has 5 nitrogen and oxygen atoms in total. The van der Waals surface area contributed by atoms with Crippen molar-refractivity contribution in [2.75, 3.05) is 0 Å². The zero-order valence-corrected chi connectivity index (χ0v) is 7.44. The van der Waals surface area contributed by atoms with Crippen molar-refractivity contribution in [2.24, 2.45) is 5.92 Å². The Morgan fingerprint density at radius 2 is 2.00 bits per heavy atom. The van der Waals surface area contributed by atoms with E-state index in [9.17, 15) is 9.59 Å². The van der Waals surface area contributed by atoms with Gasteiger partial charge in [-0.05, 0) is 6.92 Å². The third kappa shape index (κ3) is 1.78. The molecule has 0 heterocycles. The molecule has 2 atom stereocenters. The van der Waals surface area contributed by atoms with Gasteiger partial charge in [0, 0.05) is 6.42 Å². The molecule has 2 N–H and O–H groups in total. The number of aliphatic carboxylic acids is 2. The molecule has 0 aromatic carbocycles. The summed E-state index contributed by atoms with van der Waals surface area (Å²) in [5, 5.41) is 17.4. The molecule has 0 amide bonds. The molecular formula is C8H11NO4. The lowest BCUT2D eigenvalue weighted by molar-refractivity contribution is -0.153. The van der Waals surface area contributed by atoms with Crippen LogP contribution in [0.1, 0.15) is 20.3 Å². The molecule has 13 heavy (non-hydrogen) atoms. The van der Waals surface area contributed by atoms with Gasteiger partial charge in [-0.2, -0.15) is 0 Å². The summed E-state index contributed by atoms with van der Waals surface area (Å²) in [6.07, 6.45) is -0.0146. The van der Waals surface area contributed by atoms with Gasteiger partial charge in [0.2, 0.25) is 0 Å². The summed E-state index contributed by atoms with van der Waals surface area (Å²) in [6, 6.07) is 0. The van der Waals surface area contributed by atoms with Crippen molar-refractivity contribution in [1.29, 1.82) is 0 Å². The summed E-state index contributed by atoms with van der Waals surface area (Å²) in [4.78, 5) is 24.2. The molecule has 0 bridgehead atoms. The molecular weight excluding hydrogens is 174 g/mol. The number of hydrogen-bond donors (Lipinski definition) is 2. The first-order valence-electron chi connectivity index (χ1n) is 3.77. The van der Waals surface area contributed by atoms with Crippen LogP contribution in [0.25, 0.3) is 4.85 Å². The van der Waals surface area contributed by atoms with Gasteiger partial charge in [-0.15, -0.1) is 0 Å². The molecule has 0 spiro atoms. The molecule has 0 saturated carbocycles. The molecule has 0 aliphatic rings. The second kappa shape index (κ2) is 3.90. The van der Waals surface area contributed by atoms with Crippen LogP contribution in [0.3, 0.4) is 0 Å². The molecule has 2 unspecified atom stereocenters. The Balaban J connectivity index is 5.13. The second-order valence-electron chi connectivity index (χ2n) is 2.75. The van der Waals surface area contributed by atoms with Gasteiger partial charge in [-0.25, -0.2) is 11.4 Å². The fraction of sp³-hybridized carbons (Fsp3) is 0.625. The van der Waals surface area contributed by atoms with E-state index in [-0.39, 0.29) is 6.42 Å². The summed E-state index contributed by atoms with van der Waals surface area (Å²) in [5.41, 5.74) is -1.83. The largest absolute Gasteiger partial charge is 0.481 e. The molecule has 0 rings (SSSR count). The van der Waals surface area contributed by atoms with E-state index in [1.165, 1.54) is 13.8 Å². The van der Waals surface area contributed by atoms with Crippen molar-refractivity contribution in [3.05, 3.63) is 11.4 Å². The van der Waals surface area contributed by atoms with Crippen molar-refractivity contribution in [3.63, 3.8) is 0 Å². The van der Waals surface area contributed by atoms with Crippen LogP contribution in [-0.4, -0.2) is 27.7 Å². The normalized spacial score (nSPS) is 16.7. The smallest absolute Gasteiger partial charge is 0.391 e. The van der Waals surface area contributed by atoms with E-state index in [1.54, 1.807) is 0 Å². The molecule has 0 aliphatic heterocycles. The molecule has 5 heteroatoms. The Labute approximate surface area is 75.8 Å². The van der Waals surface area contributed by atoms with Crippen LogP contribution in [-0.2, 0) is 9.59 Å². The first-order chi connectivity index (χ1) is 5.92. The van der Waals surface area contributed by atoms with Gasteiger partial charge < -0.3 is 10.2 Å². The van der Waals surface area contributed by atoms with E-state index in [0.29, 0.717) is 0 Å². The highest BCUT2D eigenvalue weighted by Gasteiger charge is 2.53. The van der Waals surface area contributed by atoms with Gasteiger partial charge in [0.1, 0.15) is 5.92 Å². The van der Waals surface area contributed by atoms with E-state index >= 15 is 0 Å². The standard InChI is InChI=1S/C8H11NO4/c1-4-8(9-3,7(12)13)5(2)6(10)11/h5H,4H2,1-2H3,(H,10,11)(H,12,13). The predicted octanol–water partition coefficient (Wildman–Crippen LogP) is 0.860. The van der Waals surface area contributed by atoms with Crippen LogP contribution in [0.4, 0.5) is 0 Å². The highest BCUT2D eigenvalue weighted by molar-refractivity contribution is 5.88. The van der Waals surface area contributed by atoms with Crippen molar-refractivity contribution in [2.45, 2.75) is 25.8 Å². The average Bonchev–Trinajstić information content (AvgIpc) is 2.06. The van der Waals surface area contributed by atoms with Crippen molar-refractivity contribution in [1.82, 2.24) is 0 Å². The molecule has 0 aliphatic carbocycles. The van der Waals surface area contributed by atoms with Gasteiger partial charge in [-0.3, -0.25) is 9.64 Å². The Morgan fingerprint density at radius 1 is 1.54 bits per heavy atom. The second-order valence-corrected chi connectivity index (χ2v) is 2.75. The molecule has 72 valence electrons. The maximum Gasteiger partial charge on any atom is 0.391 e. The van der Waals surface area contributed by atoms with Crippen molar-refractivity contribution in [3.8, 4) is 0 Å². The van der Waals surface area contributed by atoms with Crippen LogP contribution >= 0.6 is 0 Å². The molecule has 0 aromatic rings. The summed E-state index contributed by atoms with van der Waals surface area (Å²) < 4.78 is 0. The minimum Gasteiger partial charge on any atom is -0.481 e. The lowest BCUT2D eigenvalue weighted by atomic mass is 9.83. The van der Waals surface area contributed by atoms with Crippen LogP contribution in [0, 0.1) is 12.5 Å². The van der Waals surface area contributed by atoms with Crippen LogP contribution in [0.2, 0.25) is 0 Å². The summed E-state index contributed by atoms with van der Waals surface area (Å²) >= 11 is 0. The number of carbonyl (C=O) groups is 2. The Bertz CT molecular complexity index is 268. The minimum atomic E-state index is -1.83. The fourth-order valence-corrected chi connectivity index (χ4v) is 1.07. The van der Waals surface area contributed by atoms with Gasteiger partial charge in [-0.1, -0.05) is 6.92 Å². The maximum absolute atomic E-state index is 10.8. The Hall–Kier alpha value is -1.57. The number of rotatable bonds is 4. The van der Waals surface area contributed by atoms with Crippen LogP contribution in [0.5, 0.6) is 0 Å². The van der Waals surface area contributed by atoms with Gasteiger partial charge in [0.05, 0.1) is 0 Å². The van der Waals surface area contributed by atoms with Gasteiger partial charge in [0.15, 0.2) is 0 Å². The van der Waals surface area contributed by atoms with E-state index in [1.807, 2.05) is 0 Å². The number of nitrogens with zero attached hydrogens (tertiary/aromatic N) is 1. The SMILES string of the molecule is [C-]#[N+]C(CC)(C(=O)O)C(C)C(=O)O. The third-order valence-electron chi connectivity index (χ3n) is 2.20. The topological polar surface area (TPSA) is 79.0 Å². The number of carboxylic acids is 2. The highest BCUT2D eigenvalue weighted by atomic mass is 16.4. The first kappa shape index (κ1) is 11.4. The fourth-order valence-electron chi connectivity index (χ4n) is 1.07. The average molecular weight is 185 g/mol. The molecule has 0 aromatic heterocycles. The van der Waals surface area contributed by atoms with Crippen LogP contribution in [0.15, 0.2) is 0 Å². The quantitative estimate of drug-likeness (QED) is 0.636. The maximum atomic E-state index is 10.8. The zero-order valence-electron chi connectivity index (χ0n) is 7.44. The Morgan fingerprint density at radius 3 is 2.08 bits per heavy atom. The lowest BCUT2D eigenvalue weighted by Crippen LogP contribution is -2.44. The van der Waals surface area contributed by atoms with E-state index in [4.69, 9.17) is 16.8 Å². The molecule has 0 saturated heterocycles. The summed E-state index contributed by atoms with van der Waals surface area (Å²) in [7, 11) is 0.